The van der Waals surface area contributed by atoms with Gasteiger partial charge in [0, 0.05) is 12.8 Å². The fourth-order valence-corrected chi connectivity index (χ4v) is 8.63. The molecule has 372 valence electrons. The lowest BCUT2D eigenvalue weighted by molar-refractivity contribution is -0.143. The number of hydrogen-bond donors (Lipinski definition) is 3. The molecule has 0 bridgehead atoms. The van der Waals surface area contributed by atoms with Crippen LogP contribution in [0, 0.1) is 0 Å². The highest BCUT2D eigenvalue weighted by Crippen LogP contribution is 2.16. The third-order valence-electron chi connectivity index (χ3n) is 13.0. The molecule has 0 aromatic carbocycles. The summed E-state index contributed by atoms with van der Waals surface area (Å²) in [5.41, 5.74) is 0. The Bertz CT molecular complexity index is 982. The number of aliphatic hydroxyl groups is 2. The lowest BCUT2D eigenvalue weighted by Gasteiger charge is -2.20. The van der Waals surface area contributed by atoms with Crippen LogP contribution in [0.2, 0.25) is 0 Å². The van der Waals surface area contributed by atoms with Crippen LogP contribution in [0.5, 0.6) is 0 Å². The van der Waals surface area contributed by atoms with Crippen LogP contribution in [-0.2, 0) is 14.3 Å². The van der Waals surface area contributed by atoms with Crippen LogP contribution >= 0.6 is 0 Å². The second-order valence-electron chi connectivity index (χ2n) is 19.3. The summed E-state index contributed by atoms with van der Waals surface area (Å²) in [6.07, 6.45) is 63.3. The first-order chi connectivity index (χ1) is 31.0. The highest BCUT2D eigenvalue weighted by atomic mass is 16.5. The Kier molecular flexibility index (Phi) is 51.6. The second kappa shape index (κ2) is 53.0. The van der Waals surface area contributed by atoms with Crippen molar-refractivity contribution < 1.29 is 24.5 Å². The molecule has 0 aromatic rings. The summed E-state index contributed by atoms with van der Waals surface area (Å²) in [5.74, 6) is -0.0873. The zero-order chi connectivity index (χ0) is 45.8. The Balaban J connectivity index is 3.45. The van der Waals surface area contributed by atoms with Gasteiger partial charge in [-0.05, 0) is 57.8 Å². The molecule has 0 spiro atoms. The molecule has 0 fully saturated rings. The Hall–Kier alpha value is -1.66. The van der Waals surface area contributed by atoms with Gasteiger partial charge in [0.05, 0.1) is 25.4 Å². The summed E-state index contributed by atoms with van der Waals surface area (Å²) in [5, 5.41) is 23.1. The number of amides is 1. The Morgan fingerprint density at radius 2 is 0.746 bits per heavy atom. The minimum Gasteiger partial charge on any atom is -0.466 e. The average molecular weight is 889 g/mol. The normalized spacial score (nSPS) is 12.8. The summed E-state index contributed by atoms with van der Waals surface area (Å²) in [4.78, 5) is 24.5. The maximum atomic E-state index is 12.4. The van der Waals surface area contributed by atoms with E-state index in [0.29, 0.717) is 19.4 Å². The van der Waals surface area contributed by atoms with Gasteiger partial charge >= 0.3 is 5.97 Å². The highest BCUT2D eigenvalue weighted by Gasteiger charge is 2.18. The van der Waals surface area contributed by atoms with E-state index in [1.807, 2.05) is 6.08 Å². The predicted molar refractivity (Wildman–Crippen MR) is 273 cm³/mol. The number of unbranched alkanes of at least 4 members (excludes halogenated alkanes) is 39. The summed E-state index contributed by atoms with van der Waals surface area (Å²) in [7, 11) is 0. The van der Waals surface area contributed by atoms with Gasteiger partial charge in [-0.15, -0.1) is 0 Å². The third-order valence-corrected chi connectivity index (χ3v) is 13.0. The maximum absolute atomic E-state index is 12.4. The van der Waals surface area contributed by atoms with Crippen molar-refractivity contribution >= 4 is 11.9 Å². The van der Waals surface area contributed by atoms with Crippen LogP contribution < -0.4 is 5.32 Å². The van der Waals surface area contributed by atoms with E-state index in [0.717, 1.165) is 57.8 Å². The molecule has 0 aliphatic rings. The largest absolute Gasteiger partial charge is 0.466 e. The number of carbonyl (C=O) groups is 2. The molecular formula is C57H109NO5. The minimum atomic E-state index is -0.852. The summed E-state index contributed by atoms with van der Waals surface area (Å²) in [6, 6.07) is -0.637. The number of rotatable bonds is 52. The van der Waals surface area contributed by atoms with Gasteiger partial charge in [0.15, 0.2) is 0 Å². The minimum absolute atomic E-state index is 0.00722. The molecular weight excluding hydrogens is 779 g/mol. The van der Waals surface area contributed by atoms with E-state index in [1.165, 1.54) is 218 Å². The van der Waals surface area contributed by atoms with E-state index in [4.69, 9.17) is 4.74 Å². The quantitative estimate of drug-likeness (QED) is 0.0321. The molecule has 0 saturated heterocycles. The van der Waals surface area contributed by atoms with Gasteiger partial charge in [0.1, 0.15) is 0 Å². The highest BCUT2D eigenvalue weighted by molar-refractivity contribution is 5.76. The predicted octanol–water partition coefficient (Wildman–Crippen LogP) is 17.1. The SMILES string of the molecule is CCCCCCCC/C=C\CCCCCCCCCCCC(=O)OCCCCCCCCCCCCCCCC(=O)NC(CO)C(O)/C=C/CCCCCCCCCCCCCC. The summed E-state index contributed by atoms with van der Waals surface area (Å²) < 4.78 is 5.48. The number of allylic oxidation sites excluding steroid dienone is 3. The van der Waals surface area contributed by atoms with E-state index in [2.05, 4.69) is 31.3 Å². The van der Waals surface area contributed by atoms with Crippen LogP contribution in [0.1, 0.15) is 303 Å². The van der Waals surface area contributed by atoms with Crippen molar-refractivity contribution in [3.05, 3.63) is 24.3 Å². The average Bonchev–Trinajstić information content (AvgIpc) is 3.28. The van der Waals surface area contributed by atoms with E-state index >= 15 is 0 Å². The molecule has 6 nitrogen and oxygen atoms in total. The number of nitrogens with one attached hydrogen (secondary N) is 1. The van der Waals surface area contributed by atoms with Crippen molar-refractivity contribution in [1.29, 1.82) is 0 Å². The monoisotopic (exact) mass is 888 g/mol. The van der Waals surface area contributed by atoms with Gasteiger partial charge in [-0.3, -0.25) is 9.59 Å². The van der Waals surface area contributed by atoms with Gasteiger partial charge in [0.25, 0.3) is 0 Å². The molecule has 3 N–H and O–H groups in total. The number of carbonyl (C=O) groups excluding carboxylic acids is 2. The van der Waals surface area contributed by atoms with Crippen molar-refractivity contribution in [2.24, 2.45) is 0 Å². The molecule has 2 unspecified atom stereocenters. The third kappa shape index (κ3) is 49.6. The number of esters is 1. The molecule has 0 saturated carbocycles. The first-order valence-electron chi connectivity index (χ1n) is 28.1. The number of hydrogen-bond acceptors (Lipinski definition) is 5. The standard InChI is InChI=1S/C57H109NO5/c1-3-5-7-9-11-13-15-17-19-20-21-22-23-27-31-35-39-43-47-51-57(62)63-52-48-44-40-36-32-28-24-26-30-34-38-42-46-50-56(61)58-54(53-59)55(60)49-45-41-37-33-29-25-18-16-14-12-10-8-6-4-2/h17,19,45,49,54-55,59-60H,3-16,18,20-44,46-48,50-53H2,1-2H3,(H,58,61)/b19-17-,49-45+. The first-order valence-corrected chi connectivity index (χ1v) is 28.1. The molecule has 0 radical (unpaired) electrons. The molecule has 2 atom stereocenters. The van der Waals surface area contributed by atoms with E-state index < -0.39 is 12.1 Å². The Morgan fingerprint density at radius 1 is 0.429 bits per heavy atom. The summed E-state index contributed by atoms with van der Waals surface area (Å²) >= 11 is 0. The Labute approximate surface area is 392 Å². The molecule has 0 aromatic heterocycles. The fraction of sp³-hybridized carbons (Fsp3) is 0.895. The van der Waals surface area contributed by atoms with E-state index in [-0.39, 0.29) is 18.5 Å². The summed E-state index contributed by atoms with van der Waals surface area (Å²) in [6.45, 7) is 4.88. The van der Waals surface area contributed by atoms with Crippen LogP contribution in [0.25, 0.3) is 0 Å². The fourth-order valence-electron chi connectivity index (χ4n) is 8.63. The van der Waals surface area contributed by atoms with Crippen LogP contribution in [0.15, 0.2) is 24.3 Å². The molecule has 0 rings (SSSR count). The smallest absolute Gasteiger partial charge is 0.305 e. The zero-order valence-electron chi connectivity index (χ0n) is 42.3. The van der Waals surface area contributed by atoms with Crippen molar-refractivity contribution in [3.63, 3.8) is 0 Å². The second-order valence-corrected chi connectivity index (χ2v) is 19.3. The van der Waals surface area contributed by atoms with E-state index in [9.17, 15) is 19.8 Å². The van der Waals surface area contributed by atoms with Gasteiger partial charge in [-0.2, -0.15) is 0 Å². The van der Waals surface area contributed by atoms with Gasteiger partial charge < -0.3 is 20.3 Å². The van der Waals surface area contributed by atoms with Crippen molar-refractivity contribution in [2.45, 2.75) is 315 Å². The zero-order valence-corrected chi connectivity index (χ0v) is 42.3. The van der Waals surface area contributed by atoms with Gasteiger partial charge in [-0.25, -0.2) is 0 Å². The van der Waals surface area contributed by atoms with Crippen molar-refractivity contribution in [3.8, 4) is 0 Å². The van der Waals surface area contributed by atoms with Crippen molar-refractivity contribution in [1.82, 2.24) is 5.32 Å². The maximum Gasteiger partial charge on any atom is 0.305 e. The van der Waals surface area contributed by atoms with E-state index in [1.54, 1.807) is 6.08 Å². The molecule has 0 heterocycles. The van der Waals surface area contributed by atoms with Gasteiger partial charge in [0.2, 0.25) is 5.91 Å². The Morgan fingerprint density at radius 3 is 1.13 bits per heavy atom. The van der Waals surface area contributed by atoms with Crippen molar-refractivity contribution in [2.75, 3.05) is 13.2 Å². The topological polar surface area (TPSA) is 95.9 Å². The lowest BCUT2D eigenvalue weighted by atomic mass is 10.0. The van der Waals surface area contributed by atoms with Crippen LogP contribution in [0.4, 0.5) is 0 Å². The number of ether oxygens (including phenoxy) is 1. The first kappa shape index (κ1) is 61.3. The molecule has 6 heteroatoms. The number of aliphatic hydroxyl groups excluding tert-OH is 2. The molecule has 0 aliphatic carbocycles. The van der Waals surface area contributed by atoms with Gasteiger partial charge in [-0.1, -0.05) is 256 Å². The molecule has 63 heavy (non-hydrogen) atoms. The molecule has 1 amide bonds. The molecule has 0 aliphatic heterocycles. The van der Waals surface area contributed by atoms with Crippen LogP contribution in [-0.4, -0.2) is 47.4 Å². The van der Waals surface area contributed by atoms with Crippen LogP contribution in [0.3, 0.4) is 0 Å². The lowest BCUT2D eigenvalue weighted by Crippen LogP contribution is -2.45.